The lowest BCUT2D eigenvalue weighted by Gasteiger charge is -2.28. The normalized spacial score (nSPS) is 19.8. The number of phenols is 2. The Bertz CT molecular complexity index is 388. The number of likely N-dealkylation sites (N-methyl/N-ethyl adjacent to an activating group) is 1. The third kappa shape index (κ3) is 2.00. The number of hydrogen-bond acceptors (Lipinski definition) is 3. The second kappa shape index (κ2) is 4.34. The number of benzene rings is 1. The molecule has 0 radical (unpaired) electrons. The maximum absolute atomic E-state index is 9.83. The van der Waals surface area contributed by atoms with E-state index in [0.717, 1.165) is 31.4 Å². The first kappa shape index (κ1) is 11.3. The summed E-state index contributed by atoms with van der Waals surface area (Å²) in [6, 6.07) is 3.56. The lowest BCUT2D eigenvalue weighted by molar-refractivity contribution is 0.346. The molecule has 0 saturated heterocycles. The van der Waals surface area contributed by atoms with E-state index >= 15 is 0 Å². The number of fused-ring (bicyclic) bond motifs is 1. The Labute approximate surface area is 96.3 Å². The predicted molar refractivity (Wildman–Crippen MR) is 64.0 cm³/mol. The first-order chi connectivity index (χ1) is 7.59. The first-order valence-corrected chi connectivity index (χ1v) is 5.78. The van der Waals surface area contributed by atoms with E-state index in [1.807, 2.05) is 6.07 Å². The highest BCUT2D eigenvalue weighted by Gasteiger charge is 2.24. The van der Waals surface area contributed by atoms with Gasteiger partial charge in [0.1, 0.15) is 0 Å². The second-order valence-corrected chi connectivity index (χ2v) is 4.85. The third-order valence-electron chi connectivity index (χ3n) is 3.30. The van der Waals surface area contributed by atoms with E-state index in [1.54, 1.807) is 6.07 Å². The average molecular weight is 221 g/mol. The molecule has 0 heterocycles. The van der Waals surface area contributed by atoms with Gasteiger partial charge in [-0.25, -0.2) is 0 Å². The molecule has 1 aromatic rings. The molecule has 1 aliphatic carbocycles. The fourth-order valence-electron chi connectivity index (χ4n) is 2.60. The fourth-order valence-corrected chi connectivity index (χ4v) is 2.60. The van der Waals surface area contributed by atoms with Crippen LogP contribution in [0, 0.1) is 0 Å². The van der Waals surface area contributed by atoms with Gasteiger partial charge in [0.05, 0.1) is 0 Å². The van der Waals surface area contributed by atoms with Crippen LogP contribution in [0.15, 0.2) is 12.1 Å². The minimum Gasteiger partial charge on any atom is -0.504 e. The van der Waals surface area contributed by atoms with Gasteiger partial charge in [-0.3, -0.25) is 0 Å². The van der Waals surface area contributed by atoms with Crippen molar-refractivity contribution in [3.8, 4) is 11.5 Å². The van der Waals surface area contributed by atoms with Gasteiger partial charge in [0.25, 0.3) is 0 Å². The van der Waals surface area contributed by atoms with E-state index in [1.165, 1.54) is 5.56 Å². The van der Waals surface area contributed by atoms with Crippen molar-refractivity contribution in [2.45, 2.75) is 25.2 Å². The summed E-state index contributed by atoms with van der Waals surface area (Å²) in [6.45, 7) is 0.997. The molecule has 2 rings (SSSR count). The topological polar surface area (TPSA) is 43.7 Å². The van der Waals surface area contributed by atoms with E-state index in [-0.39, 0.29) is 11.5 Å². The zero-order valence-corrected chi connectivity index (χ0v) is 9.90. The van der Waals surface area contributed by atoms with Gasteiger partial charge in [0, 0.05) is 12.1 Å². The summed E-state index contributed by atoms with van der Waals surface area (Å²) in [4.78, 5) is 2.17. The Morgan fingerprint density at radius 1 is 1.31 bits per heavy atom. The van der Waals surface area contributed by atoms with Crippen molar-refractivity contribution in [1.29, 1.82) is 0 Å². The molecule has 0 spiro atoms. The standard InChI is InChI=1S/C13H19NO2/c1-14(2)8-9-4-3-5-11-10(9)6-7-12(15)13(11)16/h6-7,9,15-16H,3-5,8H2,1-2H3/t9-/m0/s1. The molecule has 1 atom stereocenters. The molecule has 0 unspecified atom stereocenters. The molecule has 0 fully saturated rings. The van der Waals surface area contributed by atoms with Crippen LogP contribution in [0.1, 0.15) is 29.9 Å². The van der Waals surface area contributed by atoms with Crippen LogP contribution in [-0.4, -0.2) is 35.8 Å². The number of rotatable bonds is 2. The minimum absolute atomic E-state index is 0.00394. The van der Waals surface area contributed by atoms with Crippen LogP contribution >= 0.6 is 0 Å². The van der Waals surface area contributed by atoms with Crippen LogP contribution in [0.5, 0.6) is 11.5 Å². The molecule has 0 aromatic heterocycles. The van der Waals surface area contributed by atoms with E-state index in [9.17, 15) is 10.2 Å². The molecule has 1 aliphatic rings. The Kier molecular flexibility index (Phi) is 3.06. The van der Waals surface area contributed by atoms with Crippen LogP contribution in [0.4, 0.5) is 0 Å². The molecular weight excluding hydrogens is 202 g/mol. The van der Waals surface area contributed by atoms with Gasteiger partial charge in [-0.05, 0) is 50.9 Å². The Balaban J connectivity index is 2.36. The number of phenolic OH excluding ortho intramolecular Hbond substituents is 2. The highest BCUT2D eigenvalue weighted by Crippen LogP contribution is 2.40. The summed E-state index contributed by atoms with van der Waals surface area (Å²) in [5.74, 6) is 0.565. The van der Waals surface area contributed by atoms with Crippen LogP contribution < -0.4 is 0 Å². The van der Waals surface area contributed by atoms with Gasteiger partial charge in [-0.15, -0.1) is 0 Å². The molecule has 0 bridgehead atoms. The summed E-state index contributed by atoms with van der Waals surface area (Å²) >= 11 is 0. The van der Waals surface area contributed by atoms with Gasteiger partial charge >= 0.3 is 0 Å². The molecule has 0 saturated carbocycles. The zero-order chi connectivity index (χ0) is 11.7. The van der Waals surface area contributed by atoms with Crippen LogP contribution in [0.25, 0.3) is 0 Å². The molecular formula is C13H19NO2. The van der Waals surface area contributed by atoms with Gasteiger partial charge in [-0.2, -0.15) is 0 Å². The van der Waals surface area contributed by atoms with Gasteiger partial charge < -0.3 is 15.1 Å². The highest BCUT2D eigenvalue weighted by molar-refractivity contribution is 5.51. The van der Waals surface area contributed by atoms with Crippen LogP contribution in [0.2, 0.25) is 0 Å². The summed E-state index contributed by atoms with van der Waals surface area (Å²) in [7, 11) is 4.13. The average Bonchev–Trinajstić information content (AvgIpc) is 2.23. The van der Waals surface area contributed by atoms with Crippen molar-refractivity contribution >= 4 is 0 Å². The van der Waals surface area contributed by atoms with Crippen LogP contribution in [0.3, 0.4) is 0 Å². The Hall–Kier alpha value is -1.22. The van der Waals surface area contributed by atoms with Gasteiger partial charge in [0.15, 0.2) is 11.5 Å². The number of nitrogens with zero attached hydrogens (tertiary/aromatic N) is 1. The Morgan fingerprint density at radius 2 is 2.06 bits per heavy atom. The van der Waals surface area contributed by atoms with Crippen molar-refractivity contribution < 1.29 is 10.2 Å². The van der Waals surface area contributed by atoms with Crippen molar-refractivity contribution in [3.05, 3.63) is 23.3 Å². The highest BCUT2D eigenvalue weighted by atomic mass is 16.3. The Morgan fingerprint density at radius 3 is 2.75 bits per heavy atom. The summed E-state index contributed by atoms with van der Waals surface area (Å²) in [5.41, 5.74) is 2.15. The van der Waals surface area contributed by atoms with Crippen LogP contribution in [-0.2, 0) is 6.42 Å². The molecule has 2 N–H and O–H groups in total. The van der Waals surface area contributed by atoms with E-state index in [2.05, 4.69) is 19.0 Å². The molecule has 16 heavy (non-hydrogen) atoms. The molecule has 1 aromatic carbocycles. The molecule has 88 valence electrons. The third-order valence-corrected chi connectivity index (χ3v) is 3.30. The zero-order valence-electron chi connectivity index (χ0n) is 9.90. The van der Waals surface area contributed by atoms with Gasteiger partial charge in [0.2, 0.25) is 0 Å². The fraction of sp³-hybridized carbons (Fsp3) is 0.538. The van der Waals surface area contributed by atoms with E-state index in [4.69, 9.17) is 0 Å². The second-order valence-electron chi connectivity index (χ2n) is 4.85. The van der Waals surface area contributed by atoms with Crippen molar-refractivity contribution in [1.82, 2.24) is 4.90 Å². The maximum Gasteiger partial charge on any atom is 0.160 e. The van der Waals surface area contributed by atoms with Crippen molar-refractivity contribution in [3.63, 3.8) is 0 Å². The summed E-state index contributed by atoms with van der Waals surface area (Å²) < 4.78 is 0. The molecule has 0 aliphatic heterocycles. The lowest BCUT2D eigenvalue weighted by Crippen LogP contribution is -2.23. The first-order valence-electron chi connectivity index (χ1n) is 5.78. The summed E-state index contributed by atoms with van der Waals surface area (Å²) in [5, 5.41) is 19.3. The van der Waals surface area contributed by atoms with Crippen molar-refractivity contribution in [2.75, 3.05) is 20.6 Å². The molecule has 3 nitrogen and oxygen atoms in total. The monoisotopic (exact) mass is 221 g/mol. The lowest BCUT2D eigenvalue weighted by atomic mass is 9.82. The van der Waals surface area contributed by atoms with Crippen molar-refractivity contribution in [2.24, 2.45) is 0 Å². The summed E-state index contributed by atoms with van der Waals surface area (Å²) in [6.07, 6.45) is 3.12. The molecule has 0 amide bonds. The maximum atomic E-state index is 9.83. The number of aromatic hydroxyl groups is 2. The minimum atomic E-state index is 0.00394. The number of hydrogen-bond donors (Lipinski definition) is 2. The molecule has 3 heteroatoms. The van der Waals surface area contributed by atoms with E-state index < -0.39 is 0 Å². The SMILES string of the molecule is CN(C)C[C@@H]1CCCc2c1ccc(O)c2O. The van der Waals surface area contributed by atoms with E-state index in [0.29, 0.717) is 5.92 Å². The quantitative estimate of drug-likeness (QED) is 0.751. The smallest absolute Gasteiger partial charge is 0.160 e. The largest absolute Gasteiger partial charge is 0.504 e. The predicted octanol–water partition coefficient (Wildman–Crippen LogP) is 2.08. The van der Waals surface area contributed by atoms with Gasteiger partial charge in [-0.1, -0.05) is 6.07 Å².